The van der Waals surface area contributed by atoms with Crippen LogP contribution in [0.3, 0.4) is 0 Å². The molecule has 0 unspecified atom stereocenters. The largest absolute Gasteiger partial charge is 0.480 e. The Morgan fingerprint density at radius 3 is 2.56 bits per heavy atom. The Hall–Kier alpha value is -0.440. The van der Waals surface area contributed by atoms with Gasteiger partial charge in [-0.1, -0.05) is 0 Å². The minimum atomic E-state index is -3.69. The summed E-state index contributed by atoms with van der Waals surface area (Å²) in [7, 11) is -2.45. The lowest BCUT2D eigenvalue weighted by molar-refractivity contribution is -0.137. The predicted molar refractivity (Wildman–Crippen MR) is 64.2 cm³/mol. The Labute approximate surface area is 106 Å². The average molecular weight is 328 g/mol. The van der Waals surface area contributed by atoms with Gasteiger partial charge in [-0.3, -0.25) is 4.79 Å². The first-order valence-corrected chi connectivity index (χ1v) is 7.24. The summed E-state index contributed by atoms with van der Waals surface area (Å²) in [6.07, 6.45) is 0. The minimum absolute atomic E-state index is 0.139. The third-order valence-corrected chi connectivity index (χ3v) is 6.25. The Morgan fingerprint density at radius 2 is 2.19 bits per heavy atom. The molecule has 0 saturated carbocycles. The second-order valence-corrected chi connectivity index (χ2v) is 7.82. The number of halogens is 1. The molecule has 90 valence electrons. The summed E-state index contributed by atoms with van der Waals surface area (Å²) in [5.41, 5.74) is 0.812. The second-order valence-electron chi connectivity index (χ2n) is 3.18. The van der Waals surface area contributed by atoms with Gasteiger partial charge in [0.05, 0.1) is 3.79 Å². The van der Waals surface area contributed by atoms with Crippen molar-refractivity contribution < 1.29 is 18.3 Å². The summed E-state index contributed by atoms with van der Waals surface area (Å²) < 4.78 is 25.5. The number of sulfonamides is 1. The topological polar surface area (TPSA) is 74.7 Å². The third kappa shape index (κ3) is 2.82. The molecule has 0 fully saturated rings. The monoisotopic (exact) mass is 327 g/mol. The van der Waals surface area contributed by atoms with Gasteiger partial charge in [-0.25, -0.2) is 8.42 Å². The number of carboxylic acid groups (broad SMARTS) is 1. The number of nitrogens with zero attached hydrogens (tertiary/aromatic N) is 1. The van der Waals surface area contributed by atoms with Crippen LogP contribution < -0.4 is 0 Å². The summed E-state index contributed by atoms with van der Waals surface area (Å²) in [5.74, 6) is -1.18. The van der Waals surface area contributed by atoms with E-state index in [1.54, 1.807) is 6.92 Å². The predicted octanol–water partition coefficient (Wildman–Crippen LogP) is 1.52. The third-order valence-electron chi connectivity index (χ3n) is 1.86. The number of hydrogen-bond acceptors (Lipinski definition) is 4. The summed E-state index contributed by atoms with van der Waals surface area (Å²) in [5, 5.41) is 8.54. The molecule has 0 saturated heterocycles. The van der Waals surface area contributed by atoms with Crippen LogP contribution in [0, 0.1) is 6.92 Å². The van der Waals surface area contributed by atoms with Gasteiger partial charge in [-0.05, 0) is 34.5 Å². The highest BCUT2D eigenvalue weighted by molar-refractivity contribution is 9.11. The van der Waals surface area contributed by atoms with Crippen LogP contribution in [-0.4, -0.2) is 37.4 Å². The average Bonchev–Trinajstić information content (AvgIpc) is 2.46. The van der Waals surface area contributed by atoms with E-state index in [1.165, 1.54) is 13.1 Å². The van der Waals surface area contributed by atoms with Gasteiger partial charge >= 0.3 is 5.97 Å². The molecule has 8 heteroatoms. The summed E-state index contributed by atoms with van der Waals surface area (Å²) in [4.78, 5) is 10.4. The molecule has 5 nitrogen and oxygen atoms in total. The van der Waals surface area contributed by atoms with Crippen LogP contribution in [-0.2, 0) is 14.8 Å². The van der Waals surface area contributed by atoms with Crippen molar-refractivity contribution in [3.63, 3.8) is 0 Å². The van der Waals surface area contributed by atoms with E-state index in [4.69, 9.17) is 5.11 Å². The number of carbonyl (C=O) groups is 1. The van der Waals surface area contributed by atoms with E-state index in [0.29, 0.717) is 0 Å². The summed E-state index contributed by atoms with van der Waals surface area (Å²) in [6.45, 7) is 1.23. The van der Waals surface area contributed by atoms with Crippen molar-refractivity contribution >= 4 is 43.3 Å². The molecule has 0 aromatic carbocycles. The lowest BCUT2D eigenvalue weighted by Gasteiger charge is -2.12. The van der Waals surface area contributed by atoms with Crippen LogP contribution in [0.5, 0.6) is 0 Å². The number of thiophene rings is 1. The van der Waals surface area contributed by atoms with Crippen LogP contribution in [0.2, 0.25) is 0 Å². The van der Waals surface area contributed by atoms with E-state index in [-0.39, 0.29) is 4.21 Å². The van der Waals surface area contributed by atoms with Crippen LogP contribution >= 0.6 is 27.3 Å². The first-order chi connectivity index (χ1) is 7.25. The number of carboxylic acids is 1. The normalized spacial score (nSPS) is 12.0. The highest BCUT2D eigenvalue weighted by atomic mass is 79.9. The molecule has 0 spiro atoms. The first kappa shape index (κ1) is 13.6. The van der Waals surface area contributed by atoms with E-state index in [9.17, 15) is 13.2 Å². The molecule has 0 atom stereocenters. The Kier molecular flexibility index (Phi) is 4.11. The highest BCUT2D eigenvalue weighted by Gasteiger charge is 2.25. The Morgan fingerprint density at radius 1 is 1.62 bits per heavy atom. The fourth-order valence-corrected chi connectivity index (χ4v) is 4.55. The van der Waals surface area contributed by atoms with Gasteiger partial charge in [0.15, 0.2) is 0 Å². The molecule has 0 aliphatic heterocycles. The molecule has 0 radical (unpaired) electrons. The van der Waals surface area contributed by atoms with Crippen molar-refractivity contribution in [2.75, 3.05) is 13.6 Å². The van der Waals surface area contributed by atoms with E-state index >= 15 is 0 Å². The molecular formula is C8H10BrNO4S2. The number of aliphatic carboxylic acids is 1. The maximum absolute atomic E-state index is 11.9. The molecule has 0 amide bonds. The van der Waals surface area contributed by atoms with E-state index < -0.39 is 22.5 Å². The van der Waals surface area contributed by atoms with Gasteiger partial charge in [0.1, 0.15) is 10.8 Å². The van der Waals surface area contributed by atoms with E-state index in [1.807, 2.05) is 0 Å². The van der Waals surface area contributed by atoms with Crippen molar-refractivity contribution in [3.8, 4) is 0 Å². The molecular weight excluding hydrogens is 318 g/mol. The molecule has 1 N–H and O–H groups in total. The molecule has 1 heterocycles. The quantitative estimate of drug-likeness (QED) is 0.909. The zero-order chi connectivity index (χ0) is 12.5. The molecule has 1 aromatic rings. The maximum atomic E-state index is 11.9. The van der Waals surface area contributed by atoms with Gasteiger partial charge in [0.25, 0.3) is 10.0 Å². The maximum Gasteiger partial charge on any atom is 0.318 e. The zero-order valence-electron chi connectivity index (χ0n) is 8.60. The smallest absolute Gasteiger partial charge is 0.318 e. The molecule has 16 heavy (non-hydrogen) atoms. The summed E-state index contributed by atoms with van der Waals surface area (Å²) in [6, 6.07) is 1.52. The van der Waals surface area contributed by atoms with Crippen molar-refractivity contribution in [1.29, 1.82) is 0 Å². The van der Waals surface area contributed by atoms with Crippen LogP contribution in [0.4, 0.5) is 0 Å². The van der Waals surface area contributed by atoms with Crippen molar-refractivity contribution in [2.45, 2.75) is 11.1 Å². The molecule has 0 aliphatic rings. The molecule has 0 bridgehead atoms. The van der Waals surface area contributed by atoms with Gasteiger partial charge in [-0.2, -0.15) is 4.31 Å². The molecule has 1 rings (SSSR count). The van der Waals surface area contributed by atoms with Crippen molar-refractivity contribution in [2.24, 2.45) is 0 Å². The van der Waals surface area contributed by atoms with Gasteiger partial charge in [0, 0.05) is 7.05 Å². The standard InChI is InChI=1S/C8H10BrNO4S2/c1-5-3-7(15-8(5)9)16(13,14)10(2)4-6(11)12/h3H,4H2,1-2H3,(H,11,12). The van der Waals surface area contributed by atoms with E-state index in [0.717, 1.165) is 25.0 Å². The number of hydrogen-bond donors (Lipinski definition) is 1. The van der Waals surface area contributed by atoms with Crippen molar-refractivity contribution in [1.82, 2.24) is 4.31 Å². The fourth-order valence-electron chi connectivity index (χ4n) is 0.988. The minimum Gasteiger partial charge on any atom is -0.480 e. The van der Waals surface area contributed by atoms with Gasteiger partial charge < -0.3 is 5.11 Å². The van der Waals surface area contributed by atoms with E-state index in [2.05, 4.69) is 15.9 Å². The number of rotatable bonds is 4. The Balaban J connectivity index is 3.06. The fraction of sp³-hybridized carbons (Fsp3) is 0.375. The van der Waals surface area contributed by atoms with Crippen LogP contribution in [0.1, 0.15) is 5.56 Å². The number of likely N-dealkylation sites (N-methyl/N-ethyl adjacent to an activating group) is 1. The van der Waals surface area contributed by atoms with Crippen LogP contribution in [0.25, 0.3) is 0 Å². The Bertz CT molecular complexity index is 489. The summed E-state index contributed by atoms with van der Waals surface area (Å²) >= 11 is 4.30. The lowest BCUT2D eigenvalue weighted by atomic mass is 10.4. The zero-order valence-corrected chi connectivity index (χ0v) is 11.8. The molecule has 0 aliphatic carbocycles. The lowest BCUT2D eigenvalue weighted by Crippen LogP contribution is -2.31. The SMILES string of the molecule is Cc1cc(S(=O)(=O)N(C)CC(=O)O)sc1Br. The first-order valence-electron chi connectivity index (χ1n) is 4.19. The number of aryl methyl sites for hydroxylation is 1. The van der Waals surface area contributed by atoms with Gasteiger partial charge in [-0.15, -0.1) is 11.3 Å². The van der Waals surface area contributed by atoms with Crippen LogP contribution in [0.15, 0.2) is 14.1 Å². The van der Waals surface area contributed by atoms with Crippen molar-refractivity contribution in [3.05, 3.63) is 15.4 Å². The molecule has 1 aromatic heterocycles. The highest BCUT2D eigenvalue weighted by Crippen LogP contribution is 2.31. The van der Waals surface area contributed by atoms with Gasteiger partial charge in [0.2, 0.25) is 0 Å². The second kappa shape index (κ2) is 4.82.